The summed E-state index contributed by atoms with van der Waals surface area (Å²) in [6, 6.07) is 0. The molecule has 0 radical (unpaired) electrons. The van der Waals surface area contributed by atoms with Crippen molar-refractivity contribution in [2.45, 2.75) is 39.2 Å². The number of halogens is 1. The van der Waals surface area contributed by atoms with E-state index >= 15 is 0 Å². The Bertz CT molecular complexity index is 594. The first-order chi connectivity index (χ1) is 11.5. The lowest BCUT2D eigenvalue weighted by Gasteiger charge is -2.23. The molecule has 0 unspecified atom stereocenters. The first-order valence-corrected chi connectivity index (χ1v) is 8.71. The van der Waals surface area contributed by atoms with Gasteiger partial charge < -0.3 is 15.0 Å². The highest BCUT2D eigenvalue weighted by atomic mass is 127. The summed E-state index contributed by atoms with van der Waals surface area (Å²) >= 11 is 0. The van der Waals surface area contributed by atoms with Gasteiger partial charge in [0.2, 0.25) is 0 Å². The number of aromatic nitrogens is 2. The number of ether oxygens (including phenoxy) is 1. The van der Waals surface area contributed by atoms with E-state index in [1.54, 1.807) is 0 Å². The highest BCUT2D eigenvalue weighted by Crippen LogP contribution is 2.18. The third kappa shape index (κ3) is 6.62. The van der Waals surface area contributed by atoms with Crippen molar-refractivity contribution in [3.05, 3.63) is 29.1 Å². The molecule has 0 atom stereocenters. The van der Waals surface area contributed by atoms with Gasteiger partial charge in [-0.15, -0.1) is 24.0 Å². The zero-order chi connectivity index (χ0) is 17.5. The number of hydrogen-bond acceptors (Lipinski definition) is 3. The normalized spacial score (nSPS) is 15.0. The summed E-state index contributed by atoms with van der Waals surface area (Å²) in [5, 5.41) is 8.04. The maximum Gasteiger partial charge on any atom is 0.193 e. The second-order valence-electron chi connectivity index (χ2n) is 6.64. The minimum Gasteiger partial charge on any atom is -0.377 e. The van der Waals surface area contributed by atoms with Crippen LogP contribution in [0.5, 0.6) is 0 Å². The van der Waals surface area contributed by atoms with E-state index in [-0.39, 0.29) is 24.0 Å². The van der Waals surface area contributed by atoms with Crippen molar-refractivity contribution in [3.63, 3.8) is 0 Å². The van der Waals surface area contributed by atoms with Crippen molar-refractivity contribution in [3.8, 4) is 0 Å². The second-order valence-corrected chi connectivity index (χ2v) is 6.64. The summed E-state index contributed by atoms with van der Waals surface area (Å²) in [4.78, 5) is 6.56. The maximum atomic E-state index is 5.35. The topological polar surface area (TPSA) is 54.7 Å². The molecule has 1 aliphatic rings. The van der Waals surface area contributed by atoms with Gasteiger partial charge in [0.25, 0.3) is 0 Å². The van der Waals surface area contributed by atoms with Crippen LogP contribution in [0, 0.1) is 0 Å². The quantitative estimate of drug-likeness (QED) is 0.307. The molecule has 2 heterocycles. The van der Waals surface area contributed by atoms with Crippen molar-refractivity contribution >= 4 is 29.9 Å². The number of rotatable bonds is 6. The maximum absolute atomic E-state index is 5.35. The Kier molecular flexibility index (Phi) is 9.48. The Morgan fingerprint density at radius 1 is 1.48 bits per heavy atom. The van der Waals surface area contributed by atoms with Gasteiger partial charge in [-0.25, -0.2) is 0 Å². The van der Waals surface area contributed by atoms with Crippen molar-refractivity contribution in [1.29, 1.82) is 0 Å². The average Bonchev–Trinajstić information content (AvgIpc) is 2.93. The van der Waals surface area contributed by atoms with Crippen LogP contribution in [0.4, 0.5) is 0 Å². The van der Waals surface area contributed by atoms with E-state index in [1.165, 1.54) is 11.1 Å². The molecule has 0 saturated carbocycles. The van der Waals surface area contributed by atoms with Crippen LogP contribution in [0.15, 0.2) is 22.8 Å². The first-order valence-electron chi connectivity index (χ1n) is 8.71. The molecule has 0 aliphatic carbocycles. The lowest BCUT2D eigenvalue weighted by atomic mass is 10.1. The minimum absolute atomic E-state index is 0. The number of nitrogens with zero attached hydrogens (tertiary/aromatic N) is 4. The van der Waals surface area contributed by atoms with E-state index in [9.17, 15) is 0 Å². The standard InChI is InChI=1S/C18H31N5O.HI/c1-14(2)17-16(13-23(5)21-17)12-22(4)18(19-3)20-9-6-15-7-10-24-11-8-15;/h7,13-14H,6,8-12H2,1-5H3,(H,19,20);1H. The fourth-order valence-electron chi connectivity index (χ4n) is 3.01. The van der Waals surface area contributed by atoms with E-state index in [4.69, 9.17) is 4.74 Å². The summed E-state index contributed by atoms with van der Waals surface area (Å²) in [6.45, 7) is 7.66. The zero-order valence-corrected chi connectivity index (χ0v) is 18.4. The Morgan fingerprint density at radius 2 is 2.24 bits per heavy atom. The fraction of sp³-hybridized carbons (Fsp3) is 0.667. The largest absolute Gasteiger partial charge is 0.377 e. The van der Waals surface area contributed by atoms with Crippen molar-refractivity contribution in [2.75, 3.05) is 33.9 Å². The number of aryl methyl sites for hydroxylation is 1. The van der Waals surface area contributed by atoms with Gasteiger partial charge in [0.05, 0.1) is 18.9 Å². The Morgan fingerprint density at radius 3 is 2.84 bits per heavy atom. The van der Waals surface area contributed by atoms with Crippen LogP contribution >= 0.6 is 24.0 Å². The summed E-state index contributed by atoms with van der Waals surface area (Å²) in [6.07, 6.45) is 6.39. The third-order valence-electron chi connectivity index (χ3n) is 4.25. The highest BCUT2D eigenvalue weighted by molar-refractivity contribution is 14.0. The van der Waals surface area contributed by atoms with Crippen LogP contribution in [0.3, 0.4) is 0 Å². The van der Waals surface area contributed by atoms with E-state index < -0.39 is 0 Å². The lowest BCUT2D eigenvalue weighted by Crippen LogP contribution is -2.39. The Labute approximate surface area is 168 Å². The SMILES string of the molecule is CN=C(NCCC1=CCOCC1)N(C)Cc1cn(C)nc1C(C)C.I. The average molecular weight is 461 g/mol. The molecule has 1 aromatic heterocycles. The minimum atomic E-state index is 0. The number of hydrogen-bond donors (Lipinski definition) is 1. The summed E-state index contributed by atoms with van der Waals surface area (Å²) < 4.78 is 7.24. The van der Waals surface area contributed by atoms with Crippen molar-refractivity contribution in [1.82, 2.24) is 20.0 Å². The van der Waals surface area contributed by atoms with Gasteiger partial charge in [-0.05, 0) is 18.8 Å². The Balaban J connectivity index is 0.00000312. The van der Waals surface area contributed by atoms with Crippen molar-refractivity contribution < 1.29 is 4.74 Å². The van der Waals surface area contributed by atoms with Crippen LogP contribution < -0.4 is 5.32 Å². The van der Waals surface area contributed by atoms with Gasteiger partial charge in [-0.1, -0.05) is 25.5 Å². The van der Waals surface area contributed by atoms with Crippen molar-refractivity contribution in [2.24, 2.45) is 12.0 Å². The van der Waals surface area contributed by atoms with Gasteiger partial charge >= 0.3 is 0 Å². The molecule has 0 saturated heterocycles. The van der Waals surface area contributed by atoms with Crippen LogP contribution in [0.25, 0.3) is 0 Å². The van der Waals surface area contributed by atoms with E-state index in [0.717, 1.165) is 50.8 Å². The molecule has 6 nitrogen and oxygen atoms in total. The molecule has 2 rings (SSSR count). The first kappa shape index (κ1) is 22.0. The smallest absolute Gasteiger partial charge is 0.193 e. The number of aliphatic imine (C=N–C) groups is 1. The van der Waals surface area contributed by atoms with Crippen LogP contribution in [0.2, 0.25) is 0 Å². The third-order valence-corrected chi connectivity index (χ3v) is 4.25. The van der Waals surface area contributed by atoms with Gasteiger partial charge in [-0.2, -0.15) is 5.10 Å². The molecule has 0 spiro atoms. The predicted molar refractivity (Wildman–Crippen MR) is 114 cm³/mol. The predicted octanol–water partition coefficient (Wildman–Crippen LogP) is 2.91. The van der Waals surface area contributed by atoms with Gasteiger partial charge in [0.15, 0.2) is 5.96 Å². The lowest BCUT2D eigenvalue weighted by molar-refractivity contribution is 0.153. The molecule has 7 heteroatoms. The molecule has 0 bridgehead atoms. The monoisotopic (exact) mass is 461 g/mol. The van der Waals surface area contributed by atoms with E-state index in [1.807, 2.05) is 18.8 Å². The molecule has 1 aromatic rings. The molecular formula is C18H32IN5O. The van der Waals surface area contributed by atoms with E-state index in [0.29, 0.717) is 5.92 Å². The summed E-state index contributed by atoms with van der Waals surface area (Å²) in [7, 11) is 5.88. The fourth-order valence-corrected chi connectivity index (χ4v) is 3.01. The molecule has 142 valence electrons. The zero-order valence-electron chi connectivity index (χ0n) is 16.1. The molecule has 0 amide bonds. The van der Waals surface area contributed by atoms with Gasteiger partial charge in [0, 0.05) is 46.0 Å². The molecular weight excluding hydrogens is 429 g/mol. The van der Waals surface area contributed by atoms with Gasteiger partial charge in [0.1, 0.15) is 0 Å². The van der Waals surface area contributed by atoms with Crippen LogP contribution in [-0.4, -0.2) is 54.5 Å². The number of nitrogens with one attached hydrogen (secondary N) is 1. The Hall–Kier alpha value is -1.09. The van der Waals surface area contributed by atoms with Crippen LogP contribution in [0.1, 0.15) is 43.9 Å². The van der Waals surface area contributed by atoms with Gasteiger partial charge in [-0.3, -0.25) is 9.67 Å². The summed E-state index contributed by atoms with van der Waals surface area (Å²) in [5.74, 6) is 1.34. The molecule has 0 aromatic carbocycles. The molecule has 1 aliphatic heterocycles. The van der Waals surface area contributed by atoms with E-state index in [2.05, 4.69) is 53.5 Å². The summed E-state index contributed by atoms with van der Waals surface area (Å²) in [5.41, 5.74) is 3.89. The second kappa shape index (κ2) is 10.8. The molecule has 0 fully saturated rings. The van der Waals surface area contributed by atoms with Crippen LogP contribution in [-0.2, 0) is 18.3 Å². The highest BCUT2D eigenvalue weighted by Gasteiger charge is 2.15. The number of guanidine groups is 1. The molecule has 25 heavy (non-hydrogen) atoms. The molecule has 1 N–H and O–H groups in total.